The van der Waals surface area contributed by atoms with Crippen LogP contribution in [0, 0.1) is 11.6 Å². The highest BCUT2D eigenvalue weighted by Gasteiger charge is 2.17. The summed E-state index contributed by atoms with van der Waals surface area (Å²) in [6.45, 7) is -0.00703. The summed E-state index contributed by atoms with van der Waals surface area (Å²) in [7, 11) is 0. The van der Waals surface area contributed by atoms with Gasteiger partial charge in [-0.05, 0) is 28.6 Å². The van der Waals surface area contributed by atoms with Crippen LogP contribution in [0.4, 0.5) is 8.78 Å². The number of rotatable bonds is 8. The number of nitrogens with one attached hydrogen (secondary N) is 1. The van der Waals surface area contributed by atoms with E-state index in [0.717, 1.165) is 16.9 Å². The highest BCUT2D eigenvalue weighted by Crippen LogP contribution is 2.28. The smallest absolute Gasteiger partial charge is 0.304 e. The molecule has 0 fully saturated rings. The number of pyridine rings is 1. The Kier molecular flexibility index (Phi) is 7.14. The standard InChI is InChI=1S/C17H14F2N10O3.ClH/c18-12-5-10(32-17-13(19)3-8(6-21-17)15-22-26-27-23-15)1-2-11(12)16-24-28-29(25-16)7-9(20)4-14(30)31;/h1-3,5-6,9H,4,7,20H2,(H,30,31)(H,22,23,26,27);1H. The van der Waals surface area contributed by atoms with Crippen molar-refractivity contribution >= 4 is 18.4 Å². The number of nitrogens with zero attached hydrogens (tertiary/aromatic N) is 8. The number of aromatic nitrogens is 9. The lowest BCUT2D eigenvalue weighted by atomic mass is 10.2. The molecule has 0 radical (unpaired) electrons. The van der Waals surface area contributed by atoms with Crippen molar-refractivity contribution in [1.29, 1.82) is 0 Å². The Bertz CT molecular complexity index is 1250. The summed E-state index contributed by atoms with van der Waals surface area (Å²) in [5.41, 5.74) is 5.97. The molecule has 4 N–H and O–H groups in total. The highest BCUT2D eigenvalue weighted by molar-refractivity contribution is 5.85. The second kappa shape index (κ2) is 10.0. The molecule has 0 aliphatic carbocycles. The SMILES string of the molecule is Cl.NC(CC(=O)O)Cn1nnc(-c2ccc(Oc3ncc(-c4nn[nH]n4)cc3F)cc2F)n1. The zero-order valence-electron chi connectivity index (χ0n) is 16.5. The van der Waals surface area contributed by atoms with E-state index in [9.17, 15) is 13.6 Å². The van der Waals surface area contributed by atoms with Gasteiger partial charge in [0.05, 0.1) is 18.5 Å². The van der Waals surface area contributed by atoms with Crippen molar-refractivity contribution in [2.45, 2.75) is 19.0 Å². The van der Waals surface area contributed by atoms with Crippen LogP contribution in [0.25, 0.3) is 22.8 Å². The summed E-state index contributed by atoms with van der Waals surface area (Å²) in [5, 5.41) is 33.3. The normalized spacial score (nSPS) is 11.6. The maximum absolute atomic E-state index is 14.6. The van der Waals surface area contributed by atoms with Crippen LogP contribution in [0.2, 0.25) is 0 Å². The van der Waals surface area contributed by atoms with Gasteiger partial charge >= 0.3 is 5.97 Å². The van der Waals surface area contributed by atoms with Crippen LogP contribution in [-0.4, -0.2) is 62.9 Å². The monoisotopic (exact) mass is 480 g/mol. The third kappa shape index (κ3) is 5.58. The zero-order valence-corrected chi connectivity index (χ0v) is 17.3. The van der Waals surface area contributed by atoms with Crippen LogP contribution < -0.4 is 10.5 Å². The molecule has 0 saturated heterocycles. The summed E-state index contributed by atoms with van der Waals surface area (Å²) in [4.78, 5) is 15.6. The summed E-state index contributed by atoms with van der Waals surface area (Å²) in [6.07, 6.45) is 1.00. The molecule has 0 bridgehead atoms. The average molecular weight is 481 g/mol. The summed E-state index contributed by atoms with van der Waals surface area (Å²) < 4.78 is 34.2. The number of carboxylic acids is 1. The molecule has 1 atom stereocenters. The quantitative estimate of drug-likeness (QED) is 0.329. The number of hydrogen-bond donors (Lipinski definition) is 3. The minimum absolute atomic E-state index is 0. The molecule has 172 valence electrons. The molecule has 4 aromatic rings. The number of carboxylic acid groups (broad SMARTS) is 1. The van der Waals surface area contributed by atoms with E-state index in [0.29, 0.717) is 0 Å². The third-order valence-electron chi connectivity index (χ3n) is 4.09. The molecule has 3 heterocycles. The molecule has 33 heavy (non-hydrogen) atoms. The van der Waals surface area contributed by atoms with Gasteiger partial charge in [-0.25, -0.2) is 13.8 Å². The minimum Gasteiger partial charge on any atom is -0.481 e. The molecule has 4 rings (SSSR count). The number of nitrogens with two attached hydrogens (primary N) is 1. The first-order valence-corrected chi connectivity index (χ1v) is 9.01. The van der Waals surface area contributed by atoms with Gasteiger partial charge < -0.3 is 15.6 Å². The molecule has 0 spiro atoms. The average Bonchev–Trinajstić information content (AvgIpc) is 3.41. The fourth-order valence-electron chi connectivity index (χ4n) is 2.69. The summed E-state index contributed by atoms with van der Waals surface area (Å²) in [5.74, 6) is -2.88. The second-order valence-corrected chi connectivity index (χ2v) is 6.52. The van der Waals surface area contributed by atoms with Crippen LogP contribution in [0.5, 0.6) is 11.6 Å². The fraction of sp³-hybridized carbons (Fsp3) is 0.176. The number of H-pyrrole nitrogens is 1. The van der Waals surface area contributed by atoms with Gasteiger partial charge in [-0.3, -0.25) is 4.79 Å². The van der Waals surface area contributed by atoms with Gasteiger partial charge in [-0.2, -0.15) is 10.0 Å². The van der Waals surface area contributed by atoms with Crippen molar-refractivity contribution in [2.24, 2.45) is 5.73 Å². The minimum atomic E-state index is -1.06. The topological polar surface area (TPSA) is 184 Å². The second-order valence-electron chi connectivity index (χ2n) is 6.52. The van der Waals surface area contributed by atoms with Crippen LogP contribution in [-0.2, 0) is 11.3 Å². The van der Waals surface area contributed by atoms with Crippen molar-refractivity contribution < 1.29 is 23.4 Å². The van der Waals surface area contributed by atoms with E-state index in [1.54, 1.807) is 0 Å². The van der Waals surface area contributed by atoms with E-state index < -0.39 is 23.6 Å². The van der Waals surface area contributed by atoms with Crippen molar-refractivity contribution in [3.63, 3.8) is 0 Å². The molecule has 13 nitrogen and oxygen atoms in total. The molecule has 0 aliphatic heterocycles. The number of aromatic amines is 1. The van der Waals surface area contributed by atoms with Gasteiger partial charge in [0.15, 0.2) is 5.82 Å². The number of hydrogen-bond acceptors (Lipinski definition) is 10. The summed E-state index contributed by atoms with van der Waals surface area (Å²) >= 11 is 0. The Morgan fingerprint density at radius 3 is 2.70 bits per heavy atom. The van der Waals surface area contributed by atoms with E-state index in [1.807, 2.05) is 0 Å². The van der Waals surface area contributed by atoms with Gasteiger partial charge in [0.25, 0.3) is 5.88 Å². The van der Waals surface area contributed by atoms with E-state index in [-0.39, 0.29) is 59.8 Å². The largest absolute Gasteiger partial charge is 0.481 e. The van der Waals surface area contributed by atoms with Crippen molar-refractivity contribution in [3.05, 3.63) is 42.1 Å². The summed E-state index contributed by atoms with van der Waals surface area (Å²) in [6, 6.07) is 4.09. The molecular weight excluding hydrogens is 466 g/mol. The van der Waals surface area contributed by atoms with Crippen molar-refractivity contribution in [2.75, 3.05) is 0 Å². The van der Waals surface area contributed by atoms with E-state index >= 15 is 0 Å². The molecule has 3 aromatic heterocycles. The van der Waals surface area contributed by atoms with Gasteiger partial charge in [0, 0.05) is 23.9 Å². The number of tetrazole rings is 2. The number of aliphatic carboxylic acids is 1. The van der Waals surface area contributed by atoms with E-state index in [4.69, 9.17) is 15.6 Å². The predicted octanol–water partition coefficient (Wildman–Crippen LogP) is 1.21. The first-order chi connectivity index (χ1) is 15.4. The first kappa shape index (κ1) is 23.6. The Hall–Kier alpha value is -4.11. The molecular formula is C17H15ClF2N10O3. The highest BCUT2D eigenvalue weighted by atomic mass is 35.5. The Labute approximate surface area is 189 Å². The van der Waals surface area contributed by atoms with Crippen molar-refractivity contribution in [1.82, 2.24) is 45.8 Å². The maximum Gasteiger partial charge on any atom is 0.304 e. The lowest BCUT2D eigenvalue weighted by Gasteiger charge is -2.08. The fourth-order valence-corrected chi connectivity index (χ4v) is 2.69. The molecule has 1 aromatic carbocycles. The molecule has 0 aliphatic rings. The van der Waals surface area contributed by atoms with Crippen LogP contribution in [0.3, 0.4) is 0 Å². The Morgan fingerprint density at radius 1 is 1.21 bits per heavy atom. The molecule has 1 unspecified atom stereocenters. The Balaban J connectivity index is 0.00000306. The van der Waals surface area contributed by atoms with Crippen LogP contribution in [0.1, 0.15) is 6.42 Å². The number of carbonyl (C=O) groups is 1. The lowest BCUT2D eigenvalue weighted by Crippen LogP contribution is -2.30. The molecule has 0 saturated carbocycles. The van der Waals surface area contributed by atoms with Gasteiger partial charge in [-0.15, -0.1) is 32.8 Å². The Morgan fingerprint density at radius 2 is 2.03 bits per heavy atom. The number of halogens is 3. The van der Waals surface area contributed by atoms with Gasteiger partial charge in [0.2, 0.25) is 11.6 Å². The first-order valence-electron chi connectivity index (χ1n) is 9.01. The van der Waals surface area contributed by atoms with Crippen LogP contribution in [0.15, 0.2) is 30.5 Å². The maximum atomic E-state index is 14.6. The van der Waals surface area contributed by atoms with E-state index in [2.05, 4.69) is 41.0 Å². The van der Waals surface area contributed by atoms with Crippen LogP contribution >= 0.6 is 12.4 Å². The number of benzene rings is 1. The van der Waals surface area contributed by atoms with Gasteiger partial charge in [-0.1, -0.05) is 0 Å². The lowest BCUT2D eigenvalue weighted by molar-refractivity contribution is -0.137. The third-order valence-corrected chi connectivity index (χ3v) is 4.09. The number of ether oxygens (including phenoxy) is 1. The van der Waals surface area contributed by atoms with Crippen molar-refractivity contribution in [3.8, 4) is 34.4 Å². The van der Waals surface area contributed by atoms with Gasteiger partial charge in [0.1, 0.15) is 11.6 Å². The molecule has 16 heteroatoms. The zero-order chi connectivity index (χ0) is 22.7. The van der Waals surface area contributed by atoms with E-state index in [1.165, 1.54) is 18.3 Å². The predicted molar refractivity (Wildman–Crippen MR) is 108 cm³/mol. The molecule has 0 amide bonds.